The predicted octanol–water partition coefficient (Wildman–Crippen LogP) is 2.43. The zero-order chi connectivity index (χ0) is 20.0. The molecule has 0 saturated carbocycles. The first-order valence-electron chi connectivity index (χ1n) is 8.48. The lowest BCUT2D eigenvalue weighted by Crippen LogP contribution is -2.20. The number of carbonyl (C=O) groups is 2. The number of aryl methyl sites for hydroxylation is 1. The van der Waals surface area contributed by atoms with E-state index in [0.717, 1.165) is 5.56 Å². The third kappa shape index (κ3) is 5.55. The van der Waals surface area contributed by atoms with Crippen molar-refractivity contribution in [1.29, 1.82) is 0 Å². The van der Waals surface area contributed by atoms with Crippen molar-refractivity contribution in [1.82, 2.24) is 5.32 Å². The lowest BCUT2D eigenvalue weighted by molar-refractivity contribution is -0.120. The monoisotopic (exact) mass is 389 g/mol. The minimum Gasteiger partial charge on any atom is -0.359 e. The first-order chi connectivity index (χ1) is 12.7. The van der Waals surface area contributed by atoms with Gasteiger partial charge in [-0.1, -0.05) is 19.1 Å². The Bertz CT molecular complexity index is 938. The fourth-order valence-corrected chi connectivity index (χ4v) is 3.74. The molecule has 0 fully saturated rings. The van der Waals surface area contributed by atoms with Crippen LogP contribution in [0.2, 0.25) is 0 Å². The molecule has 27 heavy (non-hydrogen) atoms. The second-order valence-corrected chi connectivity index (χ2v) is 7.69. The van der Waals surface area contributed by atoms with E-state index in [9.17, 15) is 18.0 Å². The molecule has 8 heteroatoms. The Morgan fingerprint density at radius 2 is 1.59 bits per heavy atom. The Morgan fingerprint density at radius 3 is 2.15 bits per heavy atom. The van der Waals surface area contributed by atoms with E-state index >= 15 is 0 Å². The van der Waals surface area contributed by atoms with Crippen molar-refractivity contribution in [3.05, 3.63) is 53.6 Å². The highest BCUT2D eigenvalue weighted by atomic mass is 32.2. The van der Waals surface area contributed by atoms with Gasteiger partial charge in [0.25, 0.3) is 10.0 Å². The topological polar surface area (TPSA) is 104 Å². The summed E-state index contributed by atoms with van der Waals surface area (Å²) < 4.78 is 27.8. The van der Waals surface area contributed by atoms with E-state index in [1.165, 1.54) is 6.07 Å². The van der Waals surface area contributed by atoms with Crippen molar-refractivity contribution in [3.8, 4) is 0 Å². The van der Waals surface area contributed by atoms with Gasteiger partial charge in [0.1, 0.15) is 0 Å². The quantitative estimate of drug-likeness (QED) is 0.676. The third-order valence-corrected chi connectivity index (χ3v) is 5.46. The molecule has 0 bridgehead atoms. The molecule has 7 nitrogen and oxygen atoms in total. The average Bonchev–Trinajstić information content (AvgIpc) is 2.62. The van der Waals surface area contributed by atoms with Gasteiger partial charge >= 0.3 is 0 Å². The van der Waals surface area contributed by atoms with E-state index in [2.05, 4.69) is 15.4 Å². The van der Waals surface area contributed by atoms with Gasteiger partial charge in [0, 0.05) is 24.8 Å². The number of hydrogen-bond donors (Lipinski definition) is 3. The molecule has 2 rings (SSSR count). The number of benzene rings is 2. The summed E-state index contributed by atoms with van der Waals surface area (Å²) >= 11 is 0. The SMILES string of the molecule is CCC(=O)Nc1ccc(S(=O)(=O)Nc2ccc(CC(=O)NC)cc2)c(C)c1. The summed E-state index contributed by atoms with van der Waals surface area (Å²) in [5.74, 6) is -0.255. The molecule has 0 radical (unpaired) electrons. The molecule has 0 spiro atoms. The smallest absolute Gasteiger partial charge is 0.262 e. The first kappa shape index (κ1) is 20.4. The highest BCUT2D eigenvalue weighted by Gasteiger charge is 2.17. The molecule has 3 N–H and O–H groups in total. The van der Waals surface area contributed by atoms with Crippen LogP contribution in [0.15, 0.2) is 47.4 Å². The molecule has 0 unspecified atom stereocenters. The summed E-state index contributed by atoms with van der Waals surface area (Å²) in [4.78, 5) is 23.0. The summed E-state index contributed by atoms with van der Waals surface area (Å²) in [6.07, 6.45) is 0.574. The zero-order valence-corrected chi connectivity index (χ0v) is 16.3. The van der Waals surface area contributed by atoms with Crippen LogP contribution in [0.1, 0.15) is 24.5 Å². The second kappa shape index (κ2) is 8.68. The minimum atomic E-state index is -3.78. The maximum atomic E-state index is 12.7. The number of sulfonamides is 1. The summed E-state index contributed by atoms with van der Waals surface area (Å²) in [7, 11) is -2.22. The predicted molar refractivity (Wildman–Crippen MR) is 105 cm³/mol. The summed E-state index contributed by atoms with van der Waals surface area (Å²) in [6, 6.07) is 11.3. The van der Waals surface area contributed by atoms with Crippen LogP contribution in [-0.2, 0) is 26.0 Å². The standard InChI is InChI=1S/C19H23N3O4S/c1-4-18(23)21-16-9-10-17(13(2)11-16)27(25,26)22-15-7-5-14(6-8-15)12-19(24)20-3/h5-11,22H,4,12H2,1-3H3,(H,20,24)(H,21,23). The average molecular weight is 389 g/mol. The molecule has 0 aliphatic carbocycles. The second-order valence-electron chi connectivity index (χ2n) is 6.03. The van der Waals surface area contributed by atoms with E-state index in [0.29, 0.717) is 23.4 Å². The van der Waals surface area contributed by atoms with Crippen LogP contribution < -0.4 is 15.4 Å². The molecule has 144 valence electrons. The van der Waals surface area contributed by atoms with Gasteiger partial charge in [-0.15, -0.1) is 0 Å². The third-order valence-electron chi connectivity index (χ3n) is 3.92. The maximum Gasteiger partial charge on any atom is 0.262 e. The molecule has 0 heterocycles. The number of nitrogens with one attached hydrogen (secondary N) is 3. The highest BCUT2D eigenvalue weighted by Crippen LogP contribution is 2.23. The van der Waals surface area contributed by atoms with E-state index in [4.69, 9.17) is 0 Å². The van der Waals surface area contributed by atoms with Crippen molar-refractivity contribution in [2.75, 3.05) is 17.1 Å². The molecule has 0 saturated heterocycles. The van der Waals surface area contributed by atoms with Gasteiger partial charge in [0.15, 0.2) is 0 Å². The Hall–Kier alpha value is -2.87. The number of hydrogen-bond acceptors (Lipinski definition) is 4. The summed E-state index contributed by atoms with van der Waals surface area (Å²) in [6.45, 7) is 3.41. The lowest BCUT2D eigenvalue weighted by atomic mass is 10.1. The number of carbonyl (C=O) groups excluding carboxylic acids is 2. The van der Waals surface area contributed by atoms with Gasteiger partial charge < -0.3 is 10.6 Å². The Balaban J connectivity index is 2.16. The molecule has 0 atom stereocenters. The van der Waals surface area contributed by atoms with Crippen molar-refractivity contribution >= 4 is 33.2 Å². The minimum absolute atomic E-state index is 0.116. The molecule has 2 amide bonds. The molecular formula is C19H23N3O4S. The molecular weight excluding hydrogens is 366 g/mol. The van der Waals surface area contributed by atoms with E-state index in [1.807, 2.05) is 0 Å². The van der Waals surface area contributed by atoms with Crippen LogP contribution in [0.25, 0.3) is 0 Å². The van der Waals surface area contributed by atoms with Crippen LogP contribution in [0.4, 0.5) is 11.4 Å². The van der Waals surface area contributed by atoms with Crippen molar-refractivity contribution in [2.45, 2.75) is 31.6 Å². The van der Waals surface area contributed by atoms with E-state index < -0.39 is 10.0 Å². The number of likely N-dealkylation sites (N-methyl/N-ethyl adjacent to an activating group) is 1. The van der Waals surface area contributed by atoms with Gasteiger partial charge in [0.05, 0.1) is 11.3 Å². The largest absolute Gasteiger partial charge is 0.359 e. The van der Waals surface area contributed by atoms with Gasteiger partial charge in [-0.3, -0.25) is 14.3 Å². The van der Waals surface area contributed by atoms with Gasteiger partial charge in [-0.25, -0.2) is 8.42 Å². The van der Waals surface area contributed by atoms with Gasteiger partial charge in [0.2, 0.25) is 11.8 Å². The van der Waals surface area contributed by atoms with Crippen LogP contribution in [0, 0.1) is 6.92 Å². The van der Waals surface area contributed by atoms with Crippen molar-refractivity contribution < 1.29 is 18.0 Å². The van der Waals surface area contributed by atoms with Crippen molar-refractivity contribution in [3.63, 3.8) is 0 Å². The number of rotatable bonds is 7. The fraction of sp³-hybridized carbons (Fsp3) is 0.263. The Morgan fingerprint density at radius 1 is 0.963 bits per heavy atom. The van der Waals surface area contributed by atoms with Crippen molar-refractivity contribution in [2.24, 2.45) is 0 Å². The molecule has 0 aromatic heterocycles. The normalized spacial score (nSPS) is 10.9. The summed E-state index contributed by atoms with van der Waals surface area (Å²) in [5.41, 5.74) is 2.26. The van der Waals surface area contributed by atoms with Crippen LogP contribution >= 0.6 is 0 Å². The van der Waals surface area contributed by atoms with Gasteiger partial charge in [-0.05, 0) is 48.4 Å². The number of anilines is 2. The number of amides is 2. The molecule has 2 aromatic rings. The molecule has 0 aliphatic rings. The lowest BCUT2D eigenvalue weighted by Gasteiger charge is -2.12. The fourth-order valence-electron chi connectivity index (χ4n) is 2.45. The van der Waals surface area contributed by atoms with Crippen LogP contribution in [-0.4, -0.2) is 27.3 Å². The Labute approximate surface area is 159 Å². The highest BCUT2D eigenvalue weighted by molar-refractivity contribution is 7.92. The first-order valence-corrected chi connectivity index (χ1v) is 9.96. The van der Waals surface area contributed by atoms with Gasteiger partial charge in [-0.2, -0.15) is 0 Å². The zero-order valence-electron chi connectivity index (χ0n) is 15.5. The molecule has 0 aliphatic heterocycles. The van der Waals surface area contributed by atoms with Crippen LogP contribution in [0.5, 0.6) is 0 Å². The molecule has 2 aromatic carbocycles. The summed E-state index contributed by atoms with van der Waals surface area (Å²) in [5, 5.41) is 5.24. The van der Waals surface area contributed by atoms with E-state index in [1.54, 1.807) is 57.3 Å². The van der Waals surface area contributed by atoms with E-state index in [-0.39, 0.29) is 23.1 Å². The Kier molecular flexibility index (Phi) is 6.57. The maximum absolute atomic E-state index is 12.7. The van der Waals surface area contributed by atoms with Crippen LogP contribution in [0.3, 0.4) is 0 Å².